The van der Waals surface area contributed by atoms with Gasteiger partial charge in [-0.25, -0.2) is 9.59 Å². The van der Waals surface area contributed by atoms with Crippen LogP contribution < -0.4 is 0 Å². The highest BCUT2D eigenvalue weighted by molar-refractivity contribution is 5.91. The zero-order chi connectivity index (χ0) is 13.5. The first kappa shape index (κ1) is 14.0. The quantitative estimate of drug-likeness (QED) is 0.559. The highest BCUT2D eigenvalue weighted by Crippen LogP contribution is 2.13. The largest absolute Gasteiger partial charge is 0.457 e. The van der Waals surface area contributed by atoms with E-state index in [9.17, 15) is 9.59 Å². The third-order valence-electron chi connectivity index (χ3n) is 2.89. The van der Waals surface area contributed by atoms with Crippen molar-refractivity contribution in [1.29, 1.82) is 0 Å². The Hall–Kier alpha value is -1.40. The third kappa shape index (κ3) is 5.00. The summed E-state index contributed by atoms with van der Waals surface area (Å²) in [5.74, 6) is -1.15. The smallest absolute Gasteiger partial charge is 0.333 e. The van der Waals surface area contributed by atoms with Gasteiger partial charge in [0, 0.05) is 25.2 Å². The summed E-state index contributed by atoms with van der Waals surface area (Å²) in [6, 6.07) is 0. The van der Waals surface area contributed by atoms with Crippen LogP contribution in [0.1, 0.15) is 25.7 Å². The SMILES string of the molecule is O=C(/C=C\C(=O)OC1CCCO1)OC1CCCOC1. The first-order valence-electron chi connectivity index (χ1n) is 6.53. The van der Waals surface area contributed by atoms with Crippen molar-refractivity contribution in [2.24, 2.45) is 0 Å². The summed E-state index contributed by atoms with van der Waals surface area (Å²) >= 11 is 0. The molecule has 0 bridgehead atoms. The van der Waals surface area contributed by atoms with Crippen LogP contribution >= 0.6 is 0 Å². The van der Waals surface area contributed by atoms with Crippen LogP contribution in [0.4, 0.5) is 0 Å². The molecule has 0 spiro atoms. The maximum Gasteiger partial charge on any atom is 0.333 e. The summed E-state index contributed by atoms with van der Waals surface area (Å²) in [6.07, 6.45) is 4.68. The van der Waals surface area contributed by atoms with Gasteiger partial charge in [0.25, 0.3) is 0 Å². The second-order valence-electron chi connectivity index (χ2n) is 4.49. The molecule has 0 amide bonds. The molecule has 2 aliphatic heterocycles. The van der Waals surface area contributed by atoms with Crippen LogP contribution in [-0.2, 0) is 28.5 Å². The average Bonchev–Trinajstić information content (AvgIpc) is 2.90. The van der Waals surface area contributed by atoms with Crippen LogP contribution in [0.15, 0.2) is 12.2 Å². The fourth-order valence-corrected chi connectivity index (χ4v) is 1.95. The van der Waals surface area contributed by atoms with Crippen LogP contribution in [0.5, 0.6) is 0 Å². The van der Waals surface area contributed by atoms with Gasteiger partial charge in [0.15, 0.2) is 0 Å². The van der Waals surface area contributed by atoms with Crippen molar-refractivity contribution in [3.8, 4) is 0 Å². The Kier molecular flexibility index (Phi) is 5.35. The Balaban J connectivity index is 1.67. The molecule has 0 saturated carbocycles. The van der Waals surface area contributed by atoms with E-state index < -0.39 is 18.2 Å². The number of hydrogen-bond acceptors (Lipinski definition) is 6. The predicted octanol–water partition coefficient (Wildman–Crippen LogP) is 0.944. The van der Waals surface area contributed by atoms with Crippen molar-refractivity contribution in [3.05, 3.63) is 12.2 Å². The summed E-state index contributed by atoms with van der Waals surface area (Å²) in [6.45, 7) is 1.73. The minimum absolute atomic E-state index is 0.222. The lowest BCUT2D eigenvalue weighted by Gasteiger charge is -2.21. The molecule has 2 unspecified atom stereocenters. The molecule has 106 valence electrons. The van der Waals surface area contributed by atoms with Crippen molar-refractivity contribution < 1.29 is 28.5 Å². The molecule has 2 saturated heterocycles. The minimum atomic E-state index is -0.594. The lowest BCUT2D eigenvalue weighted by molar-refractivity contribution is -0.164. The van der Waals surface area contributed by atoms with Crippen molar-refractivity contribution in [1.82, 2.24) is 0 Å². The minimum Gasteiger partial charge on any atom is -0.457 e. The molecule has 6 nitrogen and oxygen atoms in total. The molecule has 0 radical (unpaired) electrons. The molecule has 6 heteroatoms. The van der Waals surface area contributed by atoms with Crippen molar-refractivity contribution >= 4 is 11.9 Å². The number of ether oxygens (including phenoxy) is 4. The molecule has 2 rings (SSSR count). The molecule has 0 aromatic rings. The van der Waals surface area contributed by atoms with Gasteiger partial charge in [0.05, 0.1) is 13.2 Å². The van der Waals surface area contributed by atoms with E-state index in [0.29, 0.717) is 26.2 Å². The molecule has 0 N–H and O–H groups in total. The summed E-state index contributed by atoms with van der Waals surface area (Å²) < 4.78 is 20.4. The Morgan fingerprint density at radius 1 is 1.00 bits per heavy atom. The van der Waals surface area contributed by atoms with Gasteiger partial charge in [-0.1, -0.05) is 0 Å². The van der Waals surface area contributed by atoms with Crippen molar-refractivity contribution in [2.45, 2.75) is 38.1 Å². The summed E-state index contributed by atoms with van der Waals surface area (Å²) in [4.78, 5) is 22.8. The fraction of sp³-hybridized carbons (Fsp3) is 0.692. The van der Waals surface area contributed by atoms with Crippen LogP contribution in [0.2, 0.25) is 0 Å². The fourth-order valence-electron chi connectivity index (χ4n) is 1.95. The van der Waals surface area contributed by atoms with Crippen LogP contribution in [0.3, 0.4) is 0 Å². The van der Waals surface area contributed by atoms with Gasteiger partial charge in [-0.15, -0.1) is 0 Å². The first-order valence-corrected chi connectivity index (χ1v) is 6.53. The van der Waals surface area contributed by atoms with E-state index in [0.717, 1.165) is 31.4 Å². The van der Waals surface area contributed by atoms with Crippen molar-refractivity contribution in [3.63, 3.8) is 0 Å². The molecule has 2 atom stereocenters. The molecular weight excluding hydrogens is 252 g/mol. The number of carbonyl (C=O) groups is 2. The maximum absolute atomic E-state index is 11.4. The van der Waals surface area contributed by atoms with Gasteiger partial charge in [-0.05, 0) is 19.3 Å². The van der Waals surface area contributed by atoms with E-state index in [4.69, 9.17) is 18.9 Å². The van der Waals surface area contributed by atoms with E-state index >= 15 is 0 Å². The van der Waals surface area contributed by atoms with E-state index in [1.165, 1.54) is 0 Å². The van der Waals surface area contributed by atoms with Gasteiger partial charge in [-0.2, -0.15) is 0 Å². The zero-order valence-corrected chi connectivity index (χ0v) is 10.7. The number of hydrogen-bond donors (Lipinski definition) is 0. The normalized spacial score (nSPS) is 27.4. The summed E-state index contributed by atoms with van der Waals surface area (Å²) in [5.41, 5.74) is 0. The highest BCUT2D eigenvalue weighted by atomic mass is 16.7. The molecule has 19 heavy (non-hydrogen) atoms. The standard InChI is InChI=1S/C13H18O6/c14-11(18-10-3-1-7-16-9-10)5-6-12(15)19-13-4-2-8-17-13/h5-6,10,13H,1-4,7-9H2/b6-5-. The van der Waals surface area contributed by atoms with E-state index in [1.54, 1.807) is 0 Å². The molecule has 0 aliphatic carbocycles. The van der Waals surface area contributed by atoms with Gasteiger partial charge >= 0.3 is 11.9 Å². The average molecular weight is 270 g/mol. The molecule has 2 heterocycles. The van der Waals surface area contributed by atoms with Crippen LogP contribution in [0.25, 0.3) is 0 Å². The zero-order valence-electron chi connectivity index (χ0n) is 10.7. The number of rotatable bonds is 4. The number of carbonyl (C=O) groups excluding carboxylic acids is 2. The lowest BCUT2D eigenvalue weighted by Crippen LogP contribution is -2.27. The summed E-state index contributed by atoms with van der Waals surface area (Å²) in [5, 5.41) is 0. The molecule has 0 aromatic heterocycles. The van der Waals surface area contributed by atoms with Crippen LogP contribution in [0, 0.1) is 0 Å². The second kappa shape index (κ2) is 7.25. The van der Waals surface area contributed by atoms with Gasteiger partial charge < -0.3 is 18.9 Å². The monoisotopic (exact) mass is 270 g/mol. The second-order valence-corrected chi connectivity index (χ2v) is 4.49. The lowest BCUT2D eigenvalue weighted by atomic mass is 10.2. The highest BCUT2D eigenvalue weighted by Gasteiger charge is 2.19. The Morgan fingerprint density at radius 3 is 2.37 bits per heavy atom. The van der Waals surface area contributed by atoms with Gasteiger partial charge in [0.2, 0.25) is 6.29 Å². The Labute approximate surface area is 111 Å². The van der Waals surface area contributed by atoms with Crippen molar-refractivity contribution in [2.75, 3.05) is 19.8 Å². The van der Waals surface area contributed by atoms with Gasteiger partial charge in [0.1, 0.15) is 6.10 Å². The number of esters is 2. The summed E-state index contributed by atoms with van der Waals surface area (Å²) in [7, 11) is 0. The Bertz CT molecular complexity index is 339. The molecular formula is C13H18O6. The topological polar surface area (TPSA) is 71.1 Å². The van der Waals surface area contributed by atoms with Gasteiger partial charge in [-0.3, -0.25) is 0 Å². The maximum atomic E-state index is 11.4. The first-order chi connectivity index (χ1) is 9.24. The molecule has 2 fully saturated rings. The Morgan fingerprint density at radius 2 is 1.74 bits per heavy atom. The molecule has 2 aliphatic rings. The van der Waals surface area contributed by atoms with E-state index in [2.05, 4.69) is 0 Å². The predicted molar refractivity (Wildman–Crippen MR) is 64.1 cm³/mol. The third-order valence-corrected chi connectivity index (χ3v) is 2.89. The van der Waals surface area contributed by atoms with E-state index in [1.807, 2.05) is 0 Å². The van der Waals surface area contributed by atoms with E-state index in [-0.39, 0.29) is 6.10 Å². The van der Waals surface area contributed by atoms with Crippen LogP contribution in [-0.4, -0.2) is 44.2 Å². The molecule has 0 aromatic carbocycles.